The van der Waals surface area contributed by atoms with E-state index in [0.29, 0.717) is 11.6 Å². The number of anilines is 1. The number of amides is 2. The van der Waals surface area contributed by atoms with Crippen LogP contribution in [0.5, 0.6) is 5.75 Å². The zero-order chi connectivity index (χ0) is 24.8. The number of nitrogens with zero attached hydrogens (tertiary/aromatic N) is 2. The number of likely N-dealkylation sites (N-methyl/N-ethyl adjacent to an activating group) is 1. The first-order valence-corrected chi connectivity index (χ1v) is 12.7. The Morgan fingerprint density at radius 3 is 2.24 bits per heavy atom. The molecule has 1 atom stereocenters. The third kappa shape index (κ3) is 7.25. The van der Waals surface area contributed by atoms with Gasteiger partial charge in [-0.1, -0.05) is 35.3 Å². The molecule has 0 unspecified atom stereocenters. The molecule has 0 heterocycles. The van der Waals surface area contributed by atoms with Gasteiger partial charge in [0.05, 0.1) is 19.1 Å². The van der Waals surface area contributed by atoms with E-state index < -0.39 is 28.5 Å². The molecule has 11 heteroatoms. The number of carbonyl (C=O) groups is 2. The molecule has 2 amide bonds. The lowest BCUT2D eigenvalue weighted by Crippen LogP contribution is -2.51. The Bertz CT molecular complexity index is 1090. The smallest absolute Gasteiger partial charge is 0.244 e. The number of carbonyl (C=O) groups excluding carboxylic acids is 2. The third-order valence-electron chi connectivity index (χ3n) is 4.87. The van der Waals surface area contributed by atoms with Crippen molar-refractivity contribution in [3.05, 3.63) is 58.1 Å². The lowest BCUT2D eigenvalue weighted by Gasteiger charge is -2.31. The Morgan fingerprint density at radius 2 is 1.70 bits per heavy atom. The van der Waals surface area contributed by atoms with Crippen molar-refractivity contribution in [3.63, 3.8) is 0 Å². The predicted molar refractivity (Wildman–Crippen MR) is 130 cm³/mol. The highest BCUT2D eigenvalue weighted by Gasteiger charge is 2.31. The van der Waals surface area contributed by atoms with Crippen LogP contribution in [0.25, 0.3) is 0 Å². The van der Waals surface area contributed by atoms with Crippen LogP contribution in [-0.4, -0.2) is 57.6 Å². The van der Waals surface area contributed by atoms with Crippen LogP contribution in [0, 0.1) is 0 Å². The minimum Gasteiger partial charge on any atom is -0.495 e. The second kappa shape index (κ2) is 11.6. The van der Waals surface area contributed by atoms with Gasteiger partial charge in [0, 0.05) is 23.1 Å². The molecule has 0 aliphatic rings. The molecule has 0 fully saturated rings. The summed E-state index contributed by atoms with van der Waals surface area (Å²) < 4.78 is 31.5. The zero-order valence-corrected chi connectivity index (χ0v) is 21.2. The Morgan fingerprint density at radius 1 is 1.09 bits per heavy atom. The van der Waals surface area contributed by atoms with E-state index in [1.807, 2.05) is 0 Å². The van der Waals surface area contributed by atoms with Crippen molar-refractivity contribution >= 4 is 50.7 Å². The van der Waals surface area contributed by atoms with Gasteiger partial charge in [-0.3, -0.25) is 13.9 Å². The van der Waals surface area contributed by atoms with Crippen LogP contribution >= 0.6 is 23.2 Å². The van der Waals surface area contributed by atoms with Gasteiger partial charge in [0.15, 0.2) is 0 Å². The number of halogens is 2. The molecule has 0 radical (unpaired) electrons. The second-order valence-electron chi connectivity index (χ2n) is 7.30. The van der Waals surface area contributed by atoms with Gasteiger partial charge in [-0.25, -0.2) is 8.42 Å². The monoisotopic (exact) mass is 515 g/mol. The van der Waals surface area contributed by atoms with E-state index >= 15 is 0 Å². The standard InChI is InChI=1S/C22H27Cl2N3O5S/c1-5-25-22(29)15(2)26(13-16-6-8-17(23)9-7-16)21(28)14-27(33(4,30)31)19-12-18(24)10-11-20(19)32-3/h6-12,15H,5,13-14H2,1-4H3,(H,25,29)/t15-/m1/s1. The molecular formula is C22H27Cl2N3O5S. The number of sulfonamides is 1. The summed E-state index contributed by atoms with van der Waals surface area (Å²) in [6.45, 7) is 3.28. The van der Waals surface area contributed by atoms with Crippen LogP contribution < -0.4 is 14.4 Å². The first-order chi connectivity index (χ1) is 15.5. The lowest BCUT2D eigenvalue weighted by atomic mass is 10.1. The first kappa shape index (κ1) is 26.8. The molecule has 1 N–H and O–H groups in total. The zero-order valence-electron chi connectivity index (χ0n) is 18.8. The lowest BCUT2D eigenvalue weighted by molar-refractivity contribution is -0.139. The van der Waals surface area contributed by atoms with Crippen molar-refractivity contribution < 1.29 is 22.7 Å². The average Bonchev–Trinajstić information content (AvgIpc) is 2.75. The van der Waals surface area contributed by atoms with Crippen molar-refractivity contribution in [3.8, 4) is 5.75 Å². The van der Waals surface area contributed by atoms with E-state index in [2.05, 4.69) is 5.32 Å². The maximum Gasteiger partial charge on any atom is 0.244 e. The predicted octanol–water partition coefficient (Wildman–Crippen LogP) is 3.32. The number of hydrogen-bond donors (Lipinski definition) is 1. The number of benzene rings is 2. The van der Waals surface area contributed by atoms with Gasteiger partial charge >= 0.3 is 0 Å². The minimum atomic E-state index is -3.90. The molecule has 33 heavy (non-hydrogen) atoms. The van der Waals surface area contributed by atoms with Crippen LogP contribution in [0.15, 0.2) is 42.5 Å². The molecule has 0 spiro atoms. The summed E-state index contributed by atoms with van der Waals surface area (Å²) >= 11 is 12.0. The molecular weight excluding hydrogens is 489 g/mol. The third-order valence-corrected chi connectivity index (χ3v) is 6.49. The Kier molecular flexibility index (Phi) is 9.39. The molecule has 180 valence electrons. The van der Waals surface area contributed by atoms with Crippen LogP contribution in [0.1, 0.15) is 19.4 Å². The van der Waals surface area contributed by atoms with Gasteiger partial charge in [-0.15, -0.1) is 0 Å². The molecule has 8 nitrogen and oxygen atoms in total. The maximum absolute atomic E-state index is 13.4. The van der Waals surface area contributed by atoms with Gasteiger partial charge in [-0.05, 0) is 49.7 Å². The first-order valence-electron chi connectivity index (χ1n) is 10.1. The fourth-order valence-electron chi connectivity index (χ4n) is 3.14. The second-order valence-corrected chi connectivity index (χ2v) is 10.1. The fraction of sp³-hybridized carbons (Fsp3) is 0.364. The van der Waals surface area contributed by atoms with Gasteiger partial charge in [0.2, 0.25) is 21.8 Å². The minimum absolute atomic E-state index is 0.0819. The molecule has 0 aliphatic heterocycles. The summed E-state index contributed by atoms with van der Waals surface area (Å²) in [5, 5.41) is 3.50. The van der Waals surface area contributed by atoms with E-state index in [-0.39, 0.29) is 28.9 Å². The summed E-state index contributed by atoms with van der Waals surface area (Å²) in [5.41, 5.74) is 0.855. The Labute approximate surface area is 204 Å². The molecule has 0 aromatic heterocycles. The molecule has 0 saturated carbocycles. The fourth-order valence-corrected chi connectivity index (χ4v) is 4.28. The van der Waals surface area contributed by atoms with Crippen molar-refractivity contribution in [1.82, 2.24) is 10.2 Å². The number of nitrogens with one attached hydrogen (secondary N) is 1. The van der Waals surface area contributed by atoms with Crippen LogP contribution in [-0.2, 0) is 26.2 Å². The molecule has 0 aliphatic carbocycles. The van der Waals surface area contributed by atoms with Gasteiger partial charge in [0.1, 0.15) is 18.3 Å². The largest absolute Gasteiger partial charge is 0.495 e. The summed E-state index contributed by atoms with van der Waals surface area (Å²) in [5.74, 6) is -0.694. The average molecular weight is 516 g/mol. The van der Waals surface area contributed by atoms with E-state index in [9.17, 15) is 18.0 Å². The molecule has 0 saturated heterocycles. The van der Waals surface area contributed by atoms with Crippen LogP contribution in [0.2, 0.25) is 10.0 Å². The van der Waals surface area contributed by atoms with E-state index in [1.54, 1.807) is 44.2 Å². The van der Waals surface area contributed by atoms with Crippen LogP contribution in [0.4, 0.5) is 5.69 Å². The highest BCUT2D eigenvalue weighted by molar-refractivity contribution is 7.92. The summed E-state index contributed by atoms with van der Waals surface area (Å²) in [6.07, 6.45) is 0.984. The normalized spacial score (nSPS) is 12.1. The highest BCUT2D eigenvalue weighted by atomic mass is 35.5. The number of ether oxygens (including phenoxy) is 1. The molecule has 2 rings (SSSR count). The van der Waals surface area contributed by atoms with Crippen LogP contribution in [0.3, 0.4) is 0 Å². The Hall–Kier alpha value is -2.49. The number of rotatable bonds is 10. The van der Waals surface area contributed by atoms with Gasteiger partial charge in [-0.2, -0.15) is 0 Å². The molecule has 0 bridgehead atoms. The van der Waals surface area contributed by atoms with Crippen molar-refractivity contribution in [2.45, 2.75) is 26.4 Å². The van der Waals surface area contributed by atoms with Gasteiger partial charge < -0.3 is 15.0 Å². The topological polar surface area (TPSA) is 96.0 Å². The number of methoxy groups -OCH3 is 1. The summed E-state index contributed by atoms with van der Waals surface area (Å²) in [6, 6.07) is 10.5. The van der Waals surface area contributed by atoms with Crippen molar-refractivity contribution in [2.24, 2.45) is 0 Å². The van der Waals surface area contributed by atoms with Crippen molar-refractivity contribution in [1.29, 1.82) is 0 Å². The Balaban J connectivity index is 2.44. The summed E-state index contributed by atoms with van der Waals surface area (Å²) in [7, 11) is -2.51. The van der Waals surface area contributed by atoms with E-state index in [0.717, 1.165) is 16.1 Å². The molecule has 2 aromatic rings. The van der Waals surface area contributed by atoms with E-state index in [4.69, 9.17) is 27.9 Å². The van der Waals surface area contributed by atoms with Gasteiger partial charge in [0.25, 0.3) is 0 Å². The SMILES string of the molecule is CCNC(=O)[C@@H](C)N(Cc1ccc(Cl)cc1)C(=O)CN(c1cc(Cl)ccc1OC)S(C)(=O)=O. The van der Waals surface area contributed by atoms with Crippen molar-refractivity contribution in [2.75, 3.05) is 30.8 Å². The quantitative estimate of drug-likeness (QED) is 0.523. The summed E-state index contributed by atoms with van der Waals surface area (Å²) in [4.78, 5) is 27.3. The maximum atomic E-state index is 13.4. The van der Waals surface area contributed by atoms with E-state index in [1.165, 1.54) is 24.1 Å². The number of hydrogen-bond acceptors (Lipinski definition) is 5. The molecule has 2 aromatic carbocycles. The highest BCUT2D eigenvalue weighted by Crippen LogP contribution is 2.33.